The van der Waals surface area contributed by atoms with Crippen LogP contribution in [0.3, 0.4) is 0 Å². The molecule has 1 aliphatic heterocycles. The predicted octanol–water partition coefficient (Wildman–Crippen LogP) is 0.761. The second-order valence-electron chi connectivity index (χ2n) is 6.54. The van der Waals surface area contributed by atoms with Crippen LogP contribution in [0.1, 0.15) is 21.6 Å². The van der Waals surface area contributed by atoms with Gasteiger partial charge in [-0.15, -0.1) is 0 Å². The predicted molar refractivity (Wildman–Crippen MR) is 97.3 cm³/mol. The van der Waals surface area contributed by atoms with Crippen LogP contribution in [0.4, 0.5) is 0 Å². The highest BCUT2D eigenvalue weighted by Crippen LogP contribution is 2.20. The van der Waals surface area contributed by atoms with Crippen molar-refractivity contribution in [3.63, 3.8) is 0 Å². The number of nitrogens with one attached hydrogen (secondary N) is 2. The van der Waals surface area contributed by atoms with Crippen LogP contribution in [0.2, 0.25) is 0 Å². The molecule has 0 saturated carbocycles. The van der Waals surface area contributed by atoms with Crippen LogP contribution in [0.15, 0.2) is 42.9 Å². The van der Waals surface area contributed by atoms with Crippen LogP contribution in [0.5, 0.6) is 0 Å². The summed E-state index contributed by atoms with van der Waals surface area (Å²) in [5, 5.41) is 5.72. The van der Waals surface area contributed by atoms with Crippen LogP contribution in [0.25, 0.3) is 0 Å². The van der Waals surface area contributed by atoms with Gasteiger partial charge in [0.25, 0.3) is 5.91 Å². The summed E-state index contributed by atoms with van der Waals surface area (Å²) in [4.78, 5) is 35.3. The third-order valence-electron chi connectivity index (χ3n) is 4.58. The number of carbonyl (C=O) groups is 2. The van der Waals surface area contributed by atoms with E-state index in [1.165, 1.54) is 0 Å². The van der Waals surface area contributed by atoms with Crippen molar-refractivity contribution in [1.82, 2.24) is 25.5 Å². The van der Waals surface area contributed by atoms with Crippen molar-refractivity contribution in [2.45, 2.75) is 19.5 Å². The Bertz CT molecular complexity index is 781. The van der Waals surface area contributed by atoms with E-state index in [0.717, 1.165) is 11.3 Å². The lowest BCUT2D eigenvalue weighted by Gasteiger charge is -2.18. The number of hydrogen-bond donors (Lipinski definition) is 2. The van der Waals surface area contributed by atoms with E-state index in [4.69, 9.17) is 0 Å². The van der Waals surface area contributed by atoms with Gasteiger partial charge in [-0.3, -0.25) is 24.5 Å². The third kappa shape index (κ3) is 4.23. The second-order valence-corrected chi connectivity index (χ2v) is 6.54. The van der Waals surface area contributed by atoms with Crippen LogP contribution in [-0.2, 0) is 11.3 Å². The van der Waals surface area contributed by atoms with E-state index in [2.05, 4.69) is 25.5 Å². The Kier molecular flexibility index (Phi) is 5.58. The van der Waals surface area contributed by atoms with Gasteiger partial charge in [0.1, 0.15) is 0 Å². The third-order valence-corrected chi connectivity index (χ3v) is 4.58. The largest absolute Gasteiger partial charge is 0.359 e. The maximum atomic E-state index is 12.6. The minimum atomic E-state index is -0.288. The number of likely N-dealkylation sites (tertiary alicyclic amines) is 1. The van der Waals surface area contributed by atoms with Crippen LogP contribution in [-0.4, -0.2) is 52.9 Å². The lowest BCUT2D eigenvalue weighted by molar-refractivity contribution is -0.124. The fraction of sp³-hybridized carbons (Fsp3) is 0.368. The molecule has 0 radical (unpaired) electrons. The van der Waals surface area contributed by atoms with Gasteiger partial charge in [-0.25, -0.2) is 0 Å². The van der Waals surface area contributed by atoms with E-state index in [1.54, 1.807) is 31.6 Å². The molecule has 2 aromatic rings. The number of pyridine rings is 2. The maximum Gasteiger partial charge on any atom is 0.251 e. The van der Waals surface area contributed by atoms with Crippen LogP contribution in [0, 0.1) is 12.8 Å². The van der Waals surface area contributed by atoms with Crippen LogP contribution >= 0.6 is 0 Å². The molecule has 0 unspecified atom stereocenters. The average Bonchev–Trinajstić information content (AvgIpc) is 3.04. The van der Waals surface area contributed by atoms with Crippen molar-refractivity contribution in [3.8, 4) is 0 Å². The van der Waals surface area contributed by atoms with Gasteiger partial charge in [0.15, 0.2) is 0 Å². The monoisotopic (exact) mass is 353 g/mol. The number of amides is 2. The maximum absolute atomic E-state index is 12.6. The lowest BCUT2D eigenvalue weighted by atomic mass is 10.0. The van der Waals surface area contributed by atoms with Crippen molar-refractivity contribution >= 4 is 11.8 Å². The first kappa shape index (κ1) is 18.0. The van der Waals surface area contributed by atoms with Crippen molar-refractivity contribution in [3.05, 3.63) is 59.7 Å². The summed E-state index contributed by atoms with van der Waals surface area (Å²) in [5.41, 5.74) is 2.42. The topological polar surface area (TPSA) is 87.2 Å². The molecule has 7 heteroatoms. The molecule has 2 atom stereocenters. The van der Waals surface area contributed by atoms with E-state index < -0.39 is 0 Å². The van der Waals surface area contributed by atoms with Gasteiger partial charge in [-0.1, -0.05) is 6.07 Å². The zero-order chi connectivity index (χ0) is 18.5. The summed E-state index contributed by atoms with van der Waals surface area (Å²) in [6, 6.07) is 7.08. The van der Waals surface area contributed by atoms with Crippen molar-refractivity contribution in [2.75, 3.05) is 20.1 Å². The fourth-order valence-electron chi connectivity index (χ4n) is 3.30. The van der Waals surface area contributed by atoms with E-state index in [-0.39, 0.29) is 23.8 Å². The number of rotatable bonds is 5. The standard InChI is InChI=1S/C19H23N5O2/c1-13-8-15(5-7-22-13)18(25)23-17-12-24(11-16(17)19(26)20-2)10-14-4-3-6-21-9-14/h3-9,16-17H,10-12H2,1-2H3,(H,20,26)(H,23,25)/t16-,17-/m0/s1. The highest BCUT2D eigenvalue weighted by Gasteiger charge is 2.38. The van der Waals surface area contributed by atoms with Crippen molar-refractivity contribution in [1.29, 1.82) is 0 Å². The Labute approximate surface area is 152 Å². The molecule has 7 nitrogen and oxygen atoms in total. The minimum Gasteiger partial charge on any atom is -0.359 e. The first-order valence-corrected chi connectivity index (χ1v) is 8.63. The quantitative estimate of drug-likeness (QED) is 0.829. The first-order valence-electron chi connectivity index (χ1n) is 8.63. The van der Waals surface area contributed by atoms with Crippen molar-refractivity contribution < 1.29 is 9.59 Å². The Morgan fingerprint density at radius 1 is 1.27 bits per heavy atom. The average molecular weight is 353 g/mol. The molecule has 26 heavy (non-hydrogen) atoms. The Balaban J connectivity index is 1.71. The minimum absolute atomic E-state index is 0.0603. The zero-order valence-corrected chi connectivity index (χ0v) is 15.0. The van der Waals surface area contributed by atoms with E-state index >= 15 is 0 Å². The smallest absolute Gasteiger partial charge is 0.251 e. The molecule has 2 N–H and O–H groups in total. The Morgan fingerprint density at radius 2 is 2.12 bits per heavy atom. The van der Waals surface area contributed by atoms with Crippen LogP contribution < -0.4 is 10.6 Å². The number of aromatic nitrogens is 2. The van der Waals surface area contributed by atoms with Gasteiger partial charge in [0.2, 0.25) is 5.91 Å². The zero-order valence-electron chi connectivity index (χ0n) is 15.0. The van der Waals surface area contributed by atoms with Gasteiger partial charge >= 0.3 is 0 Å². The number of carbonyl (C=O) groups excluding carboxylic acids is 2. The van der Waals surface area contributed by atoms with Crippen molar-refractivity contribution in [2.24, 2.45) is 5.92 Å². The molecule has 3 rings (SSSR count). The summed E-state index contributed by atoms with van der Waals surface area (Å²) in [7, 11) is 1.62. The molecular weight excluding hydrogens is 330 g/mol. The molecule has 0 aliphatic carbocycles. The summed E-state index contributed by atoms with van der Waals surface area (Å²) in [6.45, 7) is 3.75. The molecule has 2 amide bonds. The highest BCUT2D eigenvalue weighted by molar-refractivity contribution is 5.95. The first-order chi connectivity index (χ1) is 12.6. The SMILES string of the molecule is CNC(=O)[C@H]1CN(Cc2cccnc2)C[C@@H]1NC(=O)c1ccnc(C)c1. The van der Waals surface area contributed by atoms with Gasteiger partial charge in [-0.05, 0) is 30.7 Å². The summed E-state index contributed by atoms with van der Waals surface area (Å²) in [6.07, 6.45) is 5.17. The Morgan fingerprint density at radius 3 is 2.81 bits per heavy atom. The lowest BCUT2D eigenvalue weighted by Crippen LogP contribution is -2.45. The Hall–Kier alpha value is -2.80. The molecule has 136 valence electrons. The molecule has 1 fully saturated rings. The summed E-state index contributed by atoms with van der Waals surface area (Å²) in [5.74, 6) is -0.531. The normalized spacial score (nSPS) is 19.9. The second kappa shape index (κ2) is 8.05. The molecule has 3 heterocycles. The van der Waals surface area contributed by atoms with Gasteiger partial charge in [0.05, 0.1) is 12.0 Å². The summed E-state index contributed by atoms with van der Waals surface area (Å²) < 4.78 is 0. The molecular formula is C19H23N5O2. The molecule has 2 aromatic heterocycles. The van der Waals surface area contributed by atoms with Gasteiger partial charge in [-0.2, -0.15) is 0 Å². The number of hydrogen-bond acceptors (Lipinski definition) is 5. The van der Waals surface area contributed by atoms with Gasteiger partial charge < -0.3 is 10.6 Å². The van der Waals surface area contributed by atoms with Gasteiger partial charge in [0, 0.05) is 56.5 Å². The van der Waals surface area contributed by atoms with E-state index in [0.29, 0.717) is 25.2 Å². The molecule has 1 saturated heterocycles. The van der Waals surface area contributed by atoms with E-state index in [1.807, 2.05) is 25.3 Å². The molecule has 0 bridgehead atoms. The molecule has 0 spiro atoms. The fourth-order valence-corrected chi connectivity index (χ4v) is 3.30. The molecule has 0 aromatic carbocycles. The number of nitrogens with zero attached hydrogens (tertiary/aromatic N) is 3. The number of aryl methyl sites for hydroxylation is 1. The summed E-state index contributed by atoms with van der Waals surface area (Å²) >= 11 is 0. The highest BCUT2D eigenvalue weighted by atomic mass is 16.2. The van der Waals surface area contributed by atoms with E-state index in [9.17, 15) is 9.59 Å². The molecule has 1 aliphatic rings.